The maximum absolute atomic E-state index is 12.5. The van der Waals surface area contributed by atoms with E-state index in [-0.39, 0.29) is 32.6 Å². The maximum atomic E-state index is 12.5. The molecule has 0 unspecified atom stereocenters. The van der Waals surface area contributed by atoms with Crippen LogP contribution in [0.15, 0.2) is 48.7 Å². The molecule has 2 heterocycles. The number of carbonyl (C=O) groups is 3. The van der Waals surface area contributed by atoms with E-state index in [2.05, 4.69) is 10.3 Å². The number of halogens is 2. The zero-order chi connectivity index (χ0) is 19.1. The Labute approximate surface area is 161 Å². The average Bonchev–Trinajstić information content (AvgIpc) is 3.24. The second-order valence-corrected chi connectivity index (χ2v) is 6.22. The minimum absolute atomic E-state index is 0.143. The van der Waals surface area contributed by atoms with Crippen LogP contribution in [0, 0.1) is 0 Å². The van der Waals surface area contributed by atoms with Crippen LogP contribution in [0.5, 0.6) is 0 Å². The molecule has 0 bridgehead atoms. The van der Waals surface area contributed by atoms with Crippen LogP contribution in [-0.2, 0) is 4.84 Å². The molecule has 0 atom stereocenters. The smallest absolute Gasteiger partial charge is 0.322 e. The van der Waals surface area contributed by atoms with Gasteiger partial charge in [-0.2, -0.15) is 0 Å². The highest BCUT2D eigenvalue weighted by Crippen LogP contribution is 2.29. The van der Waals surface area contributed by atoms with Crippen molar-refractivity contribution >= 4 is 41.0 Å². The first-order valence-electron chi connectivity index (χ1n) is 7.54. The van der Waals surface area contributed by atoms with Gasteiger partial charge >= 0.3 is 5.97 Å². The molecular weight excluding hydrogens is 395 g/mol. The number of aromatic nitrogens is 3. The third kappa shape index (κ3) is 2.75. The van der Waals surface area contributed by atoms with Gasteiger partial charge in [-0.1, -0.05) is 51.7 Å². The van der Waals surface area contributed by atoms with E-state index in [9.17, 15) is 14.4 Å². The van der Waals surface area contributed by atoms with Crippen LogP contribution in [0.2, 0.25) is 10.0 Å². The lowest BCUT2D eigenvalue weighted by atomic mass is 10.1. The van der Waals surface area contributed by atoms with Gasteiger partial charge in [0.25, 0.3) is 11.8 Å². The molecule has 0 spiro atoms. The Kier molecular flexibility index (Phi) is 4.14. The van der Waals surface area contributed by atoms with E-state index in [1.807, 2.05) is 0 Å². The first-order chi connectivity index (χ1) is 13.0. The summed E-state index contributed by atoms with van der Waals surface area (Å²) in [5, 5.41) is 8.27. The second kappa shape index (κ2) is 6.49. The third-order valence-corrected chi connectivity index (χ3v) is 4.66. The van der Waals surface area contributed by atoms with E-state index < -0.39 is 17.8 Å². The summed E-state index contributed by atoms with van der Waals surface area (Å²) >= 11 is 12.1. The second-order valence-electron chi connectivity index (χ2n) is 5.43. The number of benzene rings is 2. The molecule has 0 saturated carbocycles. The molecular formula is C17H8Cl2N4O4. The average molecular weight is 403 g/mol. The SMILES string of the molecule is O=C(ON1C(=O)c2ccccc2C1=O)c1cnnn1-c1cccc(Cl)c1Cl. The number of fused-ring (bicyclic) bond motifs is 1. The fourth-order valence-electron chi connectivity index (χ4n) is 2.59. The summed E-state index contributed by atoms with van der Waals surface area (Å²) in [7, 11) is 0. The van der Waals surface area contributed by atoms with Crippen molar-refractivity contribution in [2.24, 2.45) is 0 Å². The van der Waals surface area contributed by atoms with Gasteiger partial charge in [-0.25, -0.2) is 9.48 Å². The van der Waals surface area contributed by atoms with E-state index in [1.54, 1.807) is 30.3 Å². The summed E-state index contributed by atoms with van der Waals surface area (Å²) in [4.78, 5) is 42.2. The molecule has 8 nitrogen and oxygen atoms in total. The van der Waals surface area contributed by atoms with Crippen molar-refractivity contribution in [3.8, 4) is 5.69 Å². The zero-order valence-electron chi connectivity index (χ0n) is 13.3. The summed E-state index contributed by atoms with van der Waals surface area (Å²) < 4.78 is 1.11. The van der Waals surface area contributed by atoms with Crippen molar-refractivity contribution in [2.45, 2.75) is 0 Å². The quantitative estimate of drug-likeness (QED) is 0.625. The molecule has 1 aliphatic heterocycles. The molecule has 3 aromatic rings. The van der Waals surface area contributed by atoms with Gasteiger partial charge in [0.1, 0.15) is 0 Å². The Morgan fingerprint density at radius 3 is 2.30 bits per heavy atom. The Balaban J connectivity index is 1.65. The molecule has 0 saturated heterocycles. The molecule has 0 N–H and O–H groups in total. The van der Waals surface area contributed by atoms with Crippen LogP contribution in [0.25, 0.3) is 5.69 Å². The molecule has 27 heavy (non-hydrogen) atoms. The molecule has 1 aliphatic rings. The van der Waals surface area contributed by atoms with Gasteiger partial charge in [-0.05, 0) is 24.3 Å². The van der Waals surface area contributed by atoms with Crippen LogP contribution >= 0.6 is 23.2 Å². The van der Waals surface area contributed by atoms with Crippen LogP contribution in [-0.4, -0.2) is 37.8 Å². The monoisotopic (exact) mass is 402 g/mol. The molecule has 2 amide bonds. The highest BCUT2D eigenvalue weighted by atomic mass is 35.5. The van der Waals surface area contributed by atoms with E-state index in [1.165, 1.54) is 12.1 Å². The number of rotatable bonds is 3. The van der Waals surface area contributed by atoms with Gasteiger partial charge in [-0.3, -0.25) is 9.59 Å². The van der Waals surface area contributed by atoms with E-state index in [0.29, 0.717) is 5.06 Å². The first kappa shape index (κ1) is 17.2. The molecule has 10 heteroatoms. The van der Waals surface area contributed by atoms with Gasteiger partial charge < -0.3 is 4.84 Å². The Morgan fingerprint density at radius 2 is 1.63 bits per heavy atom. The topological polar surface area (TPSA) is 94.4 Å². The lowest BCUT2D eigenvalue weighted by Gasteiger charge is -2.13. The number of carbonyl (C=O) groups excluding carboxylic acids is 3. The summed E-state index contributed by atoms with van der Waals surface area (Å²) in [6, 6.07) is 10.9. The van der Waals surface area contributed by atoms with Crippen molar-refractivity contribution in [1.82, 2.24) is 20.1 Å². The largest absolute Gasteiger partial charge is 0.383 e. The lowest BCUT2D eigenvalue weighted by Crippen LogP contribution is -2.33. The summed E-state index contributed by atoms with van der Waals surface area (Å²) in [6.45, 7) is 0. The van der Waals surface area contributed by atoms with Crippen LogP contribution in [0.4, 0.5) is 0 Å². The maximum Gasteiger partial charge on any atom is 0.383 e. The van der Waals surface area contributed by atoms with Gasteiger partial charge in [0.15, 0.2) is 5.69 Å². The van der Waals surface area contributed by atoms with Crippen LogP contribution in [0.1, 0.15) is 31.2 Å². The molecule has 2 aromatic carbocycles. The molecule has 0 fully saturated rings. The van der Waals surface area contributed by atoms with Crippen LogP contribution < -0.4 is 0 Å². The number of imide groups is 1. The number of hydrogen-bond donors (Lipinski definition) is 0. The van der Waals surface area contributed by atoms with Gasteiger partial charge in [0.2, 0.25) is 0 Å². The predicted molar refractivity (Wildman–Crippen MR) is 93.7 cm³/mol. The van der Waals surface area contributed by atoms with E-state index in [0.717, 1.165) is 10.9 Å². The standard InChI is InChI=1S/C17H8Cl2N4O4/c18-11-6-3-7-12(14(11)19)22-13(8-20-21-22)17(26)27-23-15(24)9-4-1-2-5-10(9)16(23)25/h1-8H. The molecule has 0 radical (unpaired) electrons. The summed E-state index contributed by atoms with van der Waals surface area (Å²) in [5.74, 6) is -2.47. The van der Waals surface area contributed by atoms with Gasteiger partial charge in [0.05, 0.1) is 33.1 Å². The molecule has 0 aliphatic carbocycles. The number of hydroxylamine groups is 2. The van der Waals surface area contributed by atoms with E-state index in [4.69, 9.17) is 28.0 Å². The fraction of sp³-hybridized carbons (Fsp3) is 0. The zero-order valence-corrected chi connectivity index (χ0v) is 14.8. The van der Waals surface area contributed by atoms with E-state index >= 15 is 0 Å². The molecule has 4 rings (SSSR count). The Morgan fingerprint density at radius 1 is 0.963 bits per heavy atom. The third-order valence-electron chi connectivity index (χ3n) is 3.85. The van der Waals surface area contributed by atoms with Crippen molar-refractivity contribution in [3.63, 3.8) is 0 Å². The predicted octanol–water partition coefficient (Wildman–Crippen LogP) is 2.94. The number of nitrogens with zero attached hydrogens (tertiary/aromatic N) is 4. The van der Waals surface area contributed by atoms with Crippen molar-refractivity contribution in [1.29, 1.82) is 0 Å². The van der Waals surface area contributed by atoms with Gasteiger partial charge in [-0.15, -0.1) is 5.10 Å². The highest BCUT2D eigenvalue weighted by molar-refractivity contribution is 6.43. The highest BCUT2D eigenvalue weighted by Gasteiger charge is 2.39. The minimum Gasteiger partial charge on any atom is -0.322 e. The number of hydrogen-bond acceptors (Lipinski definition) is 6. The first-order valence-corrected chi connectivity index (χ1v) is 8.30. The van der Waals surface area contributed by atoms with Gasteiger partial charge in [0, 0.05) is 0 Å². The van der Waals surface area contributed by atoms with Crippen molar-refractivity contribution in [3.05, 3.63) is 75.5 Å². The molecule has 134 valence electrons. The summed E-state index contributed by atoms with van der Waals surface area (Å²) in [6.07, 6.45) is 1.12. The normalized spacial score (nSPS) is 13.0. The Bertz CT molecular complexity index is 1080. The summed E-state index contributed by atoms with van der Waals surface area (Å²) in [5.41, 5.74) is 0.450. The fourth-order valence-corrected chi connectivity index (χ4v) is 2.96. The van der Waals surface area contributed by atoms with Crippen LogP contribution in [0.3, 0.4) is 0 Å². The molecule has 1 aromatic heterocycles. The minimum atomic E-state index is -1.01. The lowest BCUT2D eigenvalue weighted by molar-refractivity contribution is -0.0590. The number of amides is 2. The van der Waals surface area contributed by atoms with Crippen molar-refractivity contribution in [2.75, 3.05) is 0 Å². The Hall–Kier alpha value is -3.23. The van der Waals surface area contributed by atoms with Crippen molar-refractivity contribution < 1.29 is 19.2 Å².